The largest absolute Gasteiger partial charge is 0.355 e. The molecule has 2 amide bonds. The van der Waals surface area contributed by atoms with E-state index in [-0.39, 0.29) is 30.3 Å². The van der Waals surface area contributed by atoms with Crippen molar-refractivity contribution in [2.45, 2.75) is 57.4 Å². The number of hydrogen-bond donors (Lipinski definition) is 2. The normalized spacial score (nSPS) is 23.1. The number of carbonyl (C=O) groups is 2. The van der Waals surface area contributed by atoms with Gasteiger partial charge in [0.2, 0.25) is 11.8 Å². The van der Waals surface area contributed by atoms with Gasteiger partial charge in [-0.3, -0.25) is 9.59 Å². The number of rotatable bonds is 5. The van der Waals surface area contributed by atoms with Crippen LogP contribution in [-0.2, 0) is 9.59 Å². The molecule has 0 spiro atoms. The van der Waals surface area contributed by atoms with Crippen LogP contribution in [0.3, 0.4) is 0 Å². The van der Waals surface area contributed by atoms with Gasteiger partial charge < -0.3 is 15.5 Å². The van der Waals surface area contributed by atoms with Crippen molar-refractivity contribution in [3.8, 4) is 0 Å². The van der Waals surface area contributed by atoms with Gasteiger partial charge in [0.1, 0.15) is 0 Å². The van der Waals surface area contributed by atoms with Crippen LogP contribution in [0.1, 0.15) is 51.4 Å². The molecule has 0 radical (unpaired) electrons. The first-order valence-electron chi connectivity index (χ1n) is 8.06. The van der Waals surface area contributed by atoms with E-state index in [0.717, 1.165) is 58.2 Å². The molecule has 6 heteroatoms. The molecule has 2 rings (SSSR count). The molecule has 0 aromatic rings. The predicted octanol–water partition coefficient (Wildman–Crippen LogP) is 1.46. The van der Waals surface area contributed by atoms with Crippen LogP contribution in [0, 0.1) is 0 Å². The highest BCUT2D eigenvalue weighted by molar-refractivity contribution is 5.85. The molecule has 0 saturated carbocycles. The van der Waals surface area contributed by atoms with E-state index in [2.05, 4.69) is 10.6 Å². The first-order chi connectivity index (χ1) is 9.77. The highest BCUT2D eigenvalue weighted by Gasteiger charge is 2.20. The SMILES string of the molecule is Cl.O=C(NCCCN1CCCCCC1=O)C1CCCCN1. The van der Waals surface area contributed by atoms with E-state index < -0.39 is 0 Å². The Hall–Kier alpha value is -0.810. The van der Waals surface area contributed by atoms with Crippen LogP contribution in [0.5, 0.6) is 0 Å². The average Bonchev–Trinajstić information content (AvgIpc) is 2.69. The summed E-state index contributed by atoms with van der Waals surface area (Å²) in [6.45, 7) is 3.27. The minimum Gasteiger partial charge on any atom is -0.355 e. The van der Waals surface area contributed by atoms with Crippen LogP contribution in [0.2, 0.25) is 0 Å². The van der Waals surface area contributed by atoms with Gasteiger partial charge >= 0.3 is 0 Å². The molecular weight excluding hydrogens is 290 g/mol. The Kier molecular flexibility index (Phi) is 8.69. The van der Waals surface area contributed by atoms with E-state index in [1.807, 2.05) is 4.90 Å². The number of likely N-dealkylation sites (tertiary alicyclic amines) is 1. The van der Waals surface area contributed by atoms with Crippen LogP contribution >= 0.6 is 12.4 Å². The Morgan fingerprint density at radius 2 is 2.10 bits per heavy atom. The Morgan fingerprint density at radius 3 is 2.86 bits per heavy atom. The minimum absolute atomic E-state index is 0. The number of nitrogens with one attached hydrogen (secondary N) is 2. The van der Waals surface area contributed by atoms with Gasteiger partial charge in [-0.25, -0.2) is 0 Å². The maximum atomic E-state index is 11.9. The summed E-state index contributed by atoms with van der Waals surface area (Å²) >= 11 is 0. The molecule has 2 aliphatic heterocycles. The number of nitrogens with zero attached hydrogens (tertiary/aromatic N) is 1. The molecule has 2 fully saturated rings. The summed E-state index contributed by atoms with van der Waals surface area (Å²) in [5.74, 6) is 0.398. The van der Waals surface area contributed by atoms with Crippen molar-refractivity contribution in [3.05, 3.63) is 0 Å². The second-order valence-corrected chi connectivity index (χ2v) is 5.84. The molecule has 122 valence electrons. The topological polar surface area (TPSA) is 61.4 Å². The molecule has 2 N–H and O–H groups in total. The summed E-state index contributed by atoms with van der Waals surface area (Å²) in [5.41, 5.74) is 0. The van der Waals surface area contributed by atoms with Crippen molar-refractivity contribution >= 4 is 24.2 Å². The van der Waals surface area contributed by atoms with Crippen molar-refractivity contribution < 1.29 is 9.59 Å². The number of carbonyl (C=O) groups excluding carboxylic acids is 2. The predicted molar refractivity (Wildman–Crippen MR) is 85.6 cm³/mol. The molecule has 0 aromatic carbocycles. The van der Waals surface area contributed by atoms with Crippen LogP contribution in [0.15, 0.2) is 0 Å². The monoisotopic (exact) mass is 317 g/mol. The summed E-state index contributed by atoms with van der Waals surface area (Å²) in [5, 5.41) is 6.23. The highest BCUT2D eigenvalue weighted by atomic mass is 35.5. The van der Waals surface area contributed by atoms with Crippen LogP contribution in [0.4, 0.5) is 0 Å². The molecule has 1 atom stereocenters. The molecule has 5 nitrogen and oxygen atoms in total. The Labute approximate surface area is 133 Å². The van der Waals surface area contributed by atoms with E-state index in [1.54, 1.807) is 0 Å². The van der Waals surface area contributed by atoms with Crippen molar-refractivity contribution in [2.75, 3.05) is 26.2 Å². The van der Waals surface area contributed by atoms with E-state index in [0.29, 0.717) is 13.0 Å². The molecule has 0 aliphatic carbocycles. The second-order valence-electron chi connectivity index (χ2n) is 5.84. The zero-order valence-corrected chi connectivity index (χ0v) is 13.6. The Bertz CT molecular complexity index is 333. The molecule has 2 aliphatic rings. The number of halogens is 1. The maximum Gasteiger partial charge on any atom is 0.237 e. The molecule has 0 bridgehead atoms. The lowest BCUT2D eigenvalue weighted by atomic mass is 10.0. The van der Waals surface area contributed by atoms with E-state index >= 15 is 0 Å². The van der Waals surface area contributed by atoms with Gasteiger partial charge in [0.05, 0.1) is 6.04 Å². The molecule has 2 saturated heterocycles. The van der Waals surface area contributed by atoms with E-state index in [9.17, 15) is 9.59 Å². The Balaban J connectivity index is 0.00000220. The maximum absolute atomic E-state index is 11.9. The third kappa shape index (κ3) is 6.22. The summed E-state index contributed by atoms with van der Waals surface area (Å²) in [6.07, 6.45) is 8.09. The lowest BCUT2D eigenvalue weighted by molar-refractivity contribution is -0.130. The van der Waals surface area contributed by atoms with Gasteiger partial charge in [0.25, 0.3) is 0 Å². The highest BCUT2D eigenvalue weighted by Crippen LogP contribution is 2.11. The standard InChI is InChI=1S/C15H27N3O2.ClH/c19-14-8-2-1-5-11-18(14)12-6-10-17-15(20)13-7-3-4-9-16-13;/h13,16H,1-12H2,(H,17,20);1H. The van der Waals surface area contributed by atoms with Crippen molar-refractivity contribution in [1.82, 2.24) is 15.5 Å². The second kappa shape index (κ2) is 10.0. The quantitative estimate of drug-likeness (QED) is 0.755. The van der Waals surface area contributed by atoms with Crippen molar-refractivity contribution in [3.63, 3.8) is 0 Å². The summed E-state index contributed by atoms with van der Waals surface area (Å²) in [7, 11) is 0. The minimum atomic E-state index is -0.0106. The number of amides is 2. The van der Waals surface area contributed by atoms with Gasteiger partial charge in [-0.05, 0) is 38.6 Å². The van der Waals surface area contributed by atoms with Gasteiger partial charge in [-0.1, -0.05) is 12.8 Å². The van der Waals surface area contributed by atoms with E-state index in [4.69, 9.17) is 0 Å². The van der Waals surface area contributed by atoms with Crippen LogP contribution in [0.25, 0.3) is 0 Å². The fourth-order valence-corrected chi connectivity index (χ4v) is 2.96. The van der Waals surface area contributed by atoms with Crippen LogP contribution in [-0.4, -0.2) is 48.9 Å². The average molecular weight is 318 g/mol. The first-order valence-corrected chi connectivity index (χ1v) is 8.06. The lowest BCUT2D eigenvalue weighted by Gasteiger charge is -2.23. The molecule has 2 heterocycles. The summed E-state index contributed by atoms with van der Waals surface area (Å²) in [4.78, 5) is 25.7. The van der Waals surface area contributed by atoms with Gasteiger partial charge in [0.15, 0.2) is 0 Å². The molecule has 0 aromatic heterocycles. The fourth-order valence-electron chi connectivity index (χ4n) is 2.96. The van der Waals surface area contributed by atoms with Gasteiger partial charge in [-0.15, -0.1) is 12.4 Å². The van der Waals surface area contributed by atoms with Crippen molar-refractivity contribution in [1.29, 1.82) is 0 Å². The number of hydrogen-bond acceptors (Lipinski definition) is 3. The third-order valence-corrected chi connectivity index (χ3v) is 4.20. The third-order valence-electron chi connectivity index (χ3n) is 4.20. The lowest BCUT2D eigenvalue weighted by Crippen LogP contribution is -2.47. The smallest absolute Gasteiger partial charge is 0.237 e. The zero-order valence-electron chi connectivity index (χ0n) is 12.7. The van der Waals surface area contributed by atoms with Crippen LogP contribution < -0.4 is 10.6 Å². The zero-order chi connectivity index (χ0) is 14.2. The van der Waals surface area contributed by atoms with E-state index in [1.165, 1.54) is 6.42 Å². The van der Waals surface area contributed by atoms with Gasteiger partial charge in [0, 0.05) is 26.1 Å². The fraction of sp³-hybridized carbons (Fsp3) is 0.867. The first kappa shape index (κ1) is 18.2. The Morgan fingerprint density at radius 1 is 1.24 bits per heavy atom. The number of piperidine rings is 1. The molecule has 21 heavy (non-hydrogen) atoms. The van der Waals surface area contributed by atoms with Crippen molar-refractivity contribution in [2.24, 2.45) is 0 Å². The molecule has 1 unspecified atom stereocenters. The summed E-state index contributed by atoms with van der Waals surface area (Å²) < 4.78 is 0. The molecular formula is C15H28ClN3O2. The van der Waals surface area contributed by atoms with Gasteiger partial charge in [-0.2, -0.15) is 0 Å². The summed E-state index contributed by atoms with van der Waals surface area (Å²) in [6, 6.07) is -0.0106.